The van der Waals surface area contributed by atoms with Gasteiger partial charge >= 0.3 is 5.97 Å². The summed E-state index contributed by atoms with van der Waals surface area (Å²) in [6, 6.07) is 4.63. The number of nitrogens with zero attached hydrogens (tertiary/aromatic N) is 1. The third-order valence-corrected chi connectivity index (χ3v) is 3.41. The number of hydrogen-bond donors (Lipinski definition) is 1. The van der Waals surface area contributed by atoms with Crippen LogP contribution in [0.15, 0.2) is 27.0 Å². The van der Waals surface area contributed by atoms with Crippen molar-refractivity contribution >= 4 is 17.1 Å². The van der Waals surface area contributed by atoms with Gasteiger partial charge in [-0.3, -0.25) is 0 Å². The Morgan fingerprint density at radius 3 is 2.50 bits per heavy atom. The van der Waals surface area contributed by atoms with Crippen molar-refractivity contribution in [3.8, 4) is 11.5 Å². The molecule has 2 heterocycles. The first-order valence-corrected chi connectivity index (χ1v) is 6.18. The zero-order valence-electron chi connectivity index (χ0n) is 11.4. The summed E-state index contributed by atoms with van der Waals surface area (Å²) >= 11 is 0. The molecule has 0 radical (unpaired) electrons. The summed E-state index contributed by atoms with van der Waals surface area (Å²) in [5.74, 6) is 1.03. The van der Waals surface area contributed by atoms with Crippen LogP contribution in [0, 0.1) is 20.8 Å². The molecule has 20 heavy (non-hydrogen) atoms. The molecule has 0 fully saturated rings. The van der Waals surface area contributed by atoms with Crippen molar-refractivity contribution in [1.29, 1.82) is 0 Å². The molecule has 5 heteroatoms. The third-order valence-electron chi connectivity index (χ3n) is 3.41. The normalized spacial score (nSPS) is 11.2. The van der Waals surface area contributed by atoms with Crippen molar-refractivity contribution < 1.29 is 18.7 Å². The van der Waals surface area contributed by atoms with E-state index in [1.807, 2.05) is 20.8 Å². The van der Waals surface area contributed by atoms with E-state index in [-0.39, 0.29) is 5.56 Å². The Morgan fingerprint density at radius 1 is 1.15 bits per heavy atom. The quantitative estimate of drug-likeness (QED) is 0.768. The van der Waals surface area contributed by atoms with E-state index in [9.17, 15) is 4.79 Å². The number of oxazole rings is 1. The number of carboxylic acid groups (broad SMARTS) is 1. The van der Waals surface area contributed by atoms with Crippen LogP contribution in [-0.2, 0) is 0 Å². The second kappa shape index (κ2) is 4.23. The summed E-state index contributed by atoms with van der Waals surface area (Å²) in [5.41, 5.74) is 3.07. The van der Waals surface area contributed by atoms with Crippen molar-refractivity contribution in [3.63, 3.8) is 0 Å². The molecule has 0 saturated heterocycles. The molecule has 0 unspecified atom stereocenters. The van der Waals surface area contributed by atoms with Gasteiger partial charge in [0.25, 0.3) is 0 Å². The van der Waals surface area contributed by atoms with E-state index in [4.69, 9.17) is 13.9 Å². The lowest BCUT2D eigenvalue weighted by Gasteiger charge is -1.93. The fourth-order valence-electron chi connectivity index (χ4n) is 2.27. The number of aryl methyl sites for hydroxylation is 2. The highest BCUT2D eigenvalue weighted by Gasteiger charge is 2.19. The van der Waals surface area contributed by atoms with E-state index < -0.39 is 5.97 Å². The van der Waals surface area contributed by atoms with Crippen LogP contribution >= 0.6 is 0 Å². The molecule has 0 spiro atoms. The van der Waals surface area contributed by atoms with Gasteiger partial charge in [-0.1, -0.05) is 0 Å². The minimum Gasteiger partial charge on any atom is -0.478 e. The average molecular weight is 271 g/mol. The van der Waals surface area contributed by atoms with Gasteiger partial charge in [0.2, 0.25) is 5.89 Å². The fraction of sp³-hybridized carbons (Fsp3) is 0.200. The van der Waals surface area contributed by atoms with Gasteiger partial charge in [0.1, 0.15) is 17.0 Å². The maximum atomic E-state index is 11.0. The van der Waals surface area contributed by atoms with Crippen molar-refractivity contribution in [1.82, 2.24) is 4.98 Å². The molecule has 0 aliphatic rings. The SMILES string of the molecule is Cc1oc(C)c(-c2nc3ccc(C(=O)O)cc3o2)c1C. The van der Waals surface area contributed by atoms with Crippen molar-refractivity contribution in [2.24, 2.45) is 0 Å². The van der Waals surface area contributed by atoms with Crippen LogP contribution in [0.5, 0.6) is 0 Å². The topological polar surface area (TPSA) is 76.5 Å². The van der Waals surface area contributed by atoms with E-state index in [0.29, 0.717) is 17.0 Å². The van der Waals surface area contributed by atoms with E-state index >= 15 is 0 Å². The molecule has 1 aromatic carbocycles. The Bertz CT molecular complexity index is 826. The summed E-state index contributed by atoms with van der Waals surface area (Å²) in [7, 11) is 0. The molecule has 0 aliphatic heterocycles. The Kier molecular flexibility index (Phi) is 2.64. The van der Waals surface area contributed by atoms with E-state index in [1.165, 1.54) is 12.1 Å². The molecule has 0 amide bonds. The van der Waals surface area contributed by atoms with Gasteiger partial charge in [-0.05, 0) is 39.0 Å². The van der Waals surface area contributed by atoms with Gasteiger partial charge in [-0.25, -0.2) is 9.78 Å². The number of carboxylic acids is 1. The number of carbonyl (C=O) groups is 1. The van der Waals surface area contributed by atoms with Crippen LogP contribution in [0.3, 0.4) is 0 Å². The van der Waals surface area contributed by atoms with Gasteiger partial charge in [-0.15, -0.1) is 0 Å². The summed E-state index contributed by atoms with van der Waals surface area (Å²) in [6.07, 6.45) is 0. The van der Waals surface area contributed by atoms with E-state index in [0.717, 1.165) is 22.6 Å². The molecule has 0 saturated carbocycles. The maximum Gasteiger partial charge on any atom is 0.335 e. The third kappa shape index (κ3) is 1.79. The zero-order chi connectivity index (χ0) is 14.4. The summed E-state index contributed by atoms with van der Waals surface area (Å²) in [4.78, 5) is 15.4. The highest BCUT2D eigenvalue weighted by Crippen LogP contribution is 2.33. The average Bonchev–Trinajstić information content (AvgIpc) is 2.90. The number of aromatic carboxylic acids is 1. The number of rotatable bonds is 2. The second-order valence-corrected chi connectivity index (χ2v) is 4.72. The molecule has 1 N–H and O–H groups in total. The van der Waals surface area contributed by atoms with Crippen LogP contribution in [0.25, 0.3) is 22.6 Å². The molecule has 102 valence electrons. The molecule has 5 nitrogen and oxygen atoms in total. The largest absolute Gasteiger partial charge is 0.478 e. The Hall–Kier alpha value is -2.56. The highest BCUT2D eigenvalue weighted by atomic mass is 16.4. The maximum absolute atomic E-state index is 11.0. The molecule has 3 aromatic rings. The molecule has 0 bridgehead atoms. The van der Waals surface area contributed by atoms with Crippen LogP contribution in [0.1, 0.15) is 27.4 Å². The van der Waals surface area contributed by atoms with Gasteiger partial charge in [0.05, 0.1) is 11.1 Å². The lowest BCUT2D eigenvalue weighted by atomic mass is 10.1. The first-order valence-electron chi connectivity index (χ1n) is 6.18. The fourth-order valence-corrected chi connectivity index (χ4v) is 2.27. The zero-order valence-corrected chi connectivity index (χ0v) is 11.4. The molecular weight excluding hydrogens is 258 g/mol. The summed E-state index contributed by atoms with van der Waals surface area (Å²) in [6.45, 7) is 5.68. The second-order valence-electron chi connectivity index (χ2n) is 4.72. The van der Waals surface area contributed by atoms with Crippen LogP contribution in [-0.4, -0.2) is 16.1 Å². The Labute approximate surface area is 114 Å². The lowest BCUT2D eigenvalue weighted by molar-refractivity contribution is 0.0697. The van der Waals surface area contributed by atoms with Gasteiger partial charge in [0.15, 0.2) is 5.58 Å². The monoisotopic (exact) mass is 271 g/mol. The van der Waals surface area contributed by atoms with Gasteiger partial charge in [0, 0.05) is 5.56 Å². The van der Waals surface area contributed by atoms with Gasteiger partial charge in [-0.2, -0.15) is 0 Å². The minimum absolute atomic E-state index is 0.178. The number of furan rings is 1. The van der Waals surface area contributed by atoms with Crippen molar-refractivity contribution in [2.45, 2.75) is 20.8 Å². The minimum atomic E-state index is -0.989. The van der Waals surface area contributed by atoms with Crippen LogP contribution in [0.2, 0.25) is 0 Å². The summed E-state index contributed by atoms with van der Waals surface area (Å²) < 4.78 is 11.2. The summed E-state index contributed by atoms with van der Waals surface area (Å²) in [5, 5.41) is 8.98. The smallest absolute Gasteiger partial charge is 0.335 e. The van der Waals surface area contributed by atoms with Crippen LogP contribution < -0.4 is 0 Å². The molecule has 2 aromatic heterocycles. The molecule has 0 atom stereocenters. The predicted octanol–water partition coefficient (Wildman–Crippen LogP) is 3.71. The molecular formula is C15H13NO4. The first-order chi connectivity index (χ1) is 9.47. The Balaban J connectivity index is 2.20. The number of aromatic nitrogens is 1. The predicted molar refractivity (Wildman–Crippen MR) is 72.9 cm³/mol. The number of hydrogen-bond acceptors (Lipinski definition) is 4. The lowest BCUT2D eigenvalue weighted by Crippen LogP contribution is -1.94. The number of benzene rings is 1. The van der Waals surface area contributed by atoms with Crippen molar-refractivity contribution in [2.75, 3.05) is 0 Å². The molecule has 3 rings (SSSR count). The highest BCUT2D eigenvalue weighted by molar-refractivity contribution is 5.92. The Morgan fingerprint density at radius 2 is 1.90 bits per heavy atom. The van der Waals surface area contributed by atoms with E-state index in [1.54, 1.807) is 6.07 Å². The number of fused-ring (bicyclic) bond motifs is 1. The standard InChI is InChI=1S/C15H13NO4/c1-7-8(2)19-9(3)13(7)14-16-11-5-4-10(15(17)18)6-12(11)20-14/h4-6H,1-3H3,(H,17,18). The first kappa shape index (κ1) is 12.5. The van der Waals surface area contributed by atoms with Gasteiger partial charge < -0.3 is 13.9 Å². The van der Waals surface area contributed by atoms with Crippen molar-refractivity contribution in [3.05, 3.63) is 40.8 Å². The molecule has 0 aliphatic carbocycles. The van der Waals surface area contributed by atoms with Crippen LogP contribution in [0.4, 0.5) is 0 Å². The van der Waals surface area contributed by atoms with E-state index in [2.05, 4.69) is 4.98 Å².